The van der Waals surface area contributed by atoms with Crippen molar-refractivity contribution in [2.24, 2.45) is 0 Å². The topological polar surface area (TPSA) is 122 Å². The van der Waals surface area contributed by atoms with Crippen molar-refractivity contribution in [2.45, 2.75) is 18.1 Å². The van der Waals surface area contributed by atoms with Crippen LogP contribution in [0.5, 0.6) is 0 Å². The second-order valence-corrected chi connectivity index (χ2v) is 7.17. The molecule has 10 heteroatoms. The van der Waals surface area contributed by atoms with Gasteiger partial charge < -0.3 is 4.98 Å². The van der Waals surface area contributed by atoms with Gasteiger partial charge in [0.2, 0.25) is 0 Å². The van der Waals surface area contributed by atoms with Crippen molar-refractivity contribution in [3.8, 4) is 0 Å². The Balaban J connectivity index is 2.49. The summed E-state index contributed by atoms with van der Waals surface area (Å²) in [7, 11) is -4.06. The molecule has 0 spiro atoms. The highest BCUT2D eigenvalue weighted by Crippen LogP contribution is 2.28. The Morgan fingerprint density at radius 3 is 2.52 bits per heavy atom. The highest BCUT2D eigenvalue weighted by Gasteiger charge is 2.24. The van der Waals surface area contributed by atoms with Gasteiger partial charge in [0.15, 0.2) is 4.21 Å². The maximum Gasteiger partial charge on any atom is 0.306 e. The van der Waals surface area contributed by atoms with Crippen LogP contribution in [-0.2, 0) is 10.0 Å². The molecule has 0 radical (unpaired) electrons. The lowest BCUT2D eigenvalue weighted by Gasteiger charge is -2.08. The van der Waals surface area contributed by atoms with Crippen LogP contribution in [0.25, 0.3) is 0 Å². The zero-order valence-electron chi connectivity index (χ0n) is 11.0. The van der Waals surface area contributed by atoms with Gasteiger partial charge in [-0.15, -0.1) is 0 Å². The number of hydrogen-bond acceptors (Lipinski definition) is 6. The molecule has 2 N–H and O–H groups in total. The van der Waals surface area contributed by atoms with Crippen LogP contribution in [-0.4, -0.2) is 18.3 Å². The van der Waals surface area contributed by atoms with Crippen molar-refractivity contribution in [2.75, 3.05) is 4.72 Å². The fraction of sp³-hybridized carbons (Fsp3) is 0.182. The van der Waals surface area contributed by atoms with E-state index in [-0.39, 0.29) is 21.3 Å². The van der Waals surface area contributed by atoms with Gasteiger partial charge in [0, 0.05) is 11.8 Å². The third-order valence-corrected chi connectivity index (χ3v) is 5.59. The molecule has 0 aliphatic rings. The van der Waals surface area contributed by atoms with Gasteiger partial charge in [0.1, 0.15) is 5.69 Å². The normalized spacial score (nSPS) is 11.3. The Morgan fingerprint density at radius 2 is 2.00 bits per heavy atom. The van der Waals surface area contributed by atoms with Crippen molar-refractivity contribution in [3.63, 3.8) is 0 Å². The second kappa shape index (κ2) is 5.30. The number of nitrogens with zero attached hydrogens (tertiary/aromatic N) is 1. The highest BCUT2D eigenvalue weighted by molar-refractivity contribution is 7.94. The number of aryl methyl sites for hydroxylation is 2. The molecule has 2 aromatic rings. The lowest BCUT2D eigenvalue weighted by molar-refractivity contribution is -0.383. The first-order chi connectivity index (χ1) is 9.70. The van der Waals surface area contributed by atoms with E-state index in [2.05, 4.69) is 9.71 Å². The molecule has 1 aromatic heterocycles. The van der Waals surface area contributed by atoms with E-state index in [0.717, 1.165) is 0 Å². The molecule has 0 aliphatic heterocycles. The summed E-state index contributed by atoms with van der Waals surface area (Å²) < 4.78 is 26.4. The smallest absolute Gasteiger partial charge is 0.306 e. The average molecular weight is 329 g/mol. The molecular weight excluding hydrogens is 318 g/mol. The summed E-state index contributed by atoms with van der Waals surface area (Å²) in [5.41, 5.74) is 0.323. The molecule has 0 saturated carbocycles. The third-order valence-electron chi connectivity index (χ3n) is 2.62. The molecule has 0 fully saturated rings. The first kappa shape index (κ1) is 15.2. The van der Waals surface area contributed by atoms with Crippen molar-refractivity contribution in [1.82, 2.24) is 4.98 Å². The fourth-order valence-electron chi connectivity index (χ4n) is 1.72. The minimum Gasteiger partial charge on any atom is -0.315 e. The van der Waals surface area contributed by atoms with Crippen LogP contribution in [0.1, 0.15) is 11.3 Å². The predicted molar refractivity (Wildman–Crippen MR) is 78.3 cm³/mol. The third kappa shape index (κ3) is 3.11. The van der Waals surface area contributed by atoms with E-state index in [1.807, 2.05) is 0 Å². The van der Waals surface area contributed by atoms with Gasteiger partial charge in [-0.3, -0.25) is 19.6 Å². The molecule has 0 aliphatic carbocycles. The largest absolute Gasteiger partial charge is 0.315 e. The van der Waals surface area contributed by atoms with Crippen LogP contribution in [0.2, 0.25) is 0 Å². The van der Waals surface area contributed by atoms with Gasteiger partial charge in [0.05, 0.1) is 4.92 Å². The monoisotopic (exact) mass is 329 g/mol. The lowest BCUT2D eigenvalue weighted by atomic mass is 10.2. The molecule has 112 valence electrons. The first-order valence-corrected chi connectivity index (χ1v) is 7.98. The molecule has 0 bridgehead atoms. The number of nitro groups is 1. The summed E-state index contributed by atoms with van der Waals surface area (Å²) in [4.78, 5) is 23.4. The first-order valence-electron chi connectivity index (χ1n) is 5.68. The Bertz CT molecular complexity index is 866. The molecular formula is C11H11N3O5S2. The molecule has 0 amide bonds. The van der Waals surface area contributed by atoms with Gasteiger partial charge in [-0.25, -0.2) is 8.42 Å². The number of aromatic nitrogens is 1. The molecule has 0 atom stereocenters. The van der Waals surface area contributed by atoms with Gasteiger partial charge in [-0.2, -0.15) is 0 Å². The molecule has 0 unspecified atom stereocenters. The quantitative estimate of drug-likeness (QED) is 0.653. The number of rotatable bonds is 4. The number of hydrogen-bond donors (Lipinski definition) is 2. The van der Waals surface area contributed by atoms with Crippen LogP contribution in [0.4, 0.5) is 11.4 Å². The summed E-state index contributed by atoms with van der Waals surface area (Å²) in [5.74, 6) is 0. The average Bonchev–Trinajstić information content (AvgIpc) is 2.71. The number of H-pyrrole nitrogens is 1. The van der Waals surface area contributed by atoms with Crippen molar-refractivity contribution in [3.05, 3.63) is 49.2 Å². The number of aromatic amines is 1. The van der Waals surface area contributed by atoms with E-state index in [0.29, 0.717) is 16.9 Å². The molecule has 8 nitrogen and oxygen atoms in total. The zero-order chi connectivity index (χ0) is 15.8. The maximum absolute atomic E-state index is 12.2. The van der Waals surface area contributed by atoms with Crippen LogP contribution in [0.3, 0.4) is 0 Å². The molecule has 2 rings (SSSR count). The van der Waals surface area contributed by atoms with E-state index in [1.165, 1.54) is 19.1 Å². The SMILES string of the molecule is Cc1ccc(NS(=O)(=O)c2sc(=O)[nH]c2C)c([N+](=O)[O-])c1. The lowest BCUT2D eigenvalue weighted by Crippen LogP contribution is -2.14. The molecule has 1 aromatic carbocycles. The standard InChI is InChI=1S/C11H11N3O5S2/c1-6-3-4-8(9(5-6)14(16)17)13-21(18,19)10-7(2)12-11(15)20-10/h3-5,13H,1-2H3,(H,12,15). The molecule has 0 saturated heterocycles. The number of benzene rings is 1. The number of anilines is 1. The zero-order valence-corrected chi connectivity index (χ0v) is 12.7. The summed E-state index contributed by atoms with van der Waals surface area (Å²) in [5, 5.41) is 11.0. The molecule has 21 heavy (non-hydrogen) atoms. The van der Waals surface area contributed by atoms with Gasteiger partial charge in [-0.1, -0.05) is 17.4 Å². The van der Waals surface area contributed by atoms with Crippen molar-refractivity contribution >= 4 is 32.7 Å². The van der Waals surface area contributed by atoms with E-state index in [9.17, 15) is 23.3 Å². The van der Waals surface area contributed by atoms with E-state index >= 15 is 0 Å². The molecule has 1 heterocycles. The van der Waals surface area contributed by atoms with Crippen LogP contribution in [0, 0.1) is 24.0 Å². The highest BCUT2D eigenvalue weighted by atomic mass is 32.2. The van der Waals surface area contributed by atoms with Crippen LogP contribution < -0.4 is 9.60 Å². The maximum atomic E-state index is 12.2. The minimum absolute atomic E-state index is 0.147. The second-order valence-electron chi connectivity index (χ2n) is 4.31. The fourth-order valence-corrected chi connectivity index (χ4v) is 4.09. The summed E-state index contributed by atoms with van der Waals surface area (Å²) in [6, 6.07) is 4.14. The number of nitrogens with one attached hydrogen (secondary N) is 2. The number of nitro benzene ring substituents is 1. The van der Waals surface area contributed by atoms with Gasteiger partial charge >= 0.3 is 4.87 Å². The predicted octanol–water partition coefficient (Wildman–Crippen LogP) is 1.76. The Kier molecular flexibility index (Phi) is 3.83. The summed E-state index contributed by atoms with van der Waals surface area (Å²) in [6.45, 7) is 3.10. The summed E-state index contributed by atoms with van der Waals surface area (Å²) >= 11 is 0.527. The van der Waals surface area contributed by atoms with Gasteiger partial charge in [0.25, 0.3) is 15.7 Å². The van der Waals surface area contributed by atoms with Crippen LogP contribution in [0.15, 0.2) is 27.2 Å². The Labute approximate surface area is 123 Å². The van der Waals surface area contributed by atoms with Crippen molar-refractivity contribution < 1.29 is 13.3 Å². The van der Waals surface area contributed by atoms with Crippen molar-refractivity contribution in [1.29, 1.82) is 0 Å². The number of sulfonamides is 1. The summed E-state index contributed by atoms with van der Waals surface area (Å²) in [6.07, 6.45) is 0. The minimum atomic E-state index is -4.06. The Morgan fingerprint density at radius 1 is 1.33 bits per heavy atom. The van der Waals surface area contributed by atoms with Crippen LogP contribution >= 0.6 is 11.3 Å². The van der Waals surface area contributed by atoms with Gasteiger partial charge in [-0.05, 0) is 25.5 Å². The van der Waals surface area contributed by atoms with E-state index in [1.54, 1.807) is 13.0 Å². The number of thiazole rings is 1. The Hall–Kier alpha value is -2.20. The van der Waals surface area contributed by atoms with E-state index < -0.39 is 19.8 Å². The van der Waals surface area contributed by atoms with E-state index in [4.69, 9.17) is 0 Å².